The van der Waals surface area contributed by atoms with E-state index in [1.54, 1.807) is 4.90 Å². The monoisotopic (exact) mass is 426 g/mol. The molecule has 1 aliphatic rings. The van der Waals surface area contributed by atoms with Gasteiger partial charge in [-0.1, -0.05) is 18.2 Å². The van der Waals surface area contributed by atoms with Crippen molar-refractivity contribution >= 4 is 12.1 Å². The molecule has 1 aliphatic heterocycles. The first kappa shape index (κ1) is 22.7. The lowest BCUT2D eigenvalue weighted by atomic mass is 10.1. The Hall–Kier alpha value is -3.03. The summed E-state index contributed by atoms with van der Waals surface area (Å²) in [4.78, 5) is 18.5. The maximum Gasteiger partial charge on any atom is 0.409 e. The third kappa shape index (κ3) is 5.99. The SMILES string of the molecule is CCNC(=NCc1ccccc1-n1nc(C)cc1C)NC1CCN(C(=O)OCC)CC1. The van der Waals surface area contributed by atoms with E-state index in [2.05, 4.69) is 47.8 Å². The molecule has 0 aliphatic carbocycles. The molecule has 1 aromatic carbocycles. The van der Waals surface area contributed by atoms with Crippen LogP contribution in [0.4, 0.5) is 4.79 Å². The maximum absolute atomic E-state index is 11.9. The average Bonchev–Trinajstić information content (AvgIpc) is 3.11. The molecule has 168 valence electrons. The van der Waals surface area contributed by atoms with Gasteiger partial charge >= 0.3 is 6.09 Å². The molecule has 2 heterocycles. The number of carbonyl (C=O) groups is 1. The first-order valence-corrected chi connectivity index (χ1v) is 11.1. The van der Waals surface area contributed by atoms with E-state index < -0.39 is 0 Å². The number of nitrogens with zero attached hydrogens (tertiary/aromatic N) is 4. The molecule has 1 aromatic heterocycles. The number of likely N-dealkylation sites (tertiary alicyclic amines) is 1. The summed E-state index contributed by atoms with van der Waals surface area (Å²) >= 11 is 0. The lowest BCUT2D eigenvalue weighted by Crippen LogP contribution is -2.49. The van der Waals surface area contributed by atoms with Crippen LogP contribution in [0.25, 0.3) is 5.69 Å². The van der Waals surface area contributed by atoms with Gasteiger partial charge in [0.25, 0.3) is 0 Å². The van der Waals surface area contributed by atoms with E-state index in [1.165, 1.54) is 0 Å². The van der Waals surface area contributed by atoms with Gasteiger partial charge in [-0.25, -0.2) is 14.5 Å². The molecule has 0 bridgehead atoms. The molecule has 1 amide bonds. The predicted molar refractivity (Wildman–Crippen MR) is 123 cm³/mol. The zero-order chi connectivity index (χ0) is 22.2. The van der Waals surface area contributed by atoms with Crippen LogP contribution in [0.3, 0.4) is 0 Å². The molecule has 0 spiro atoms. The standard InChI is InChI=1S/C23H34N6O2/c1-5-24-22(26-20-11-13-28(14-12-20)23(30)31-6-2)25-16-19-9-7-8-10-21(19)29-18(4)15-17(3)27-29/h7-10,15,20H,5-6,11-14,16H2,1-4H3,(H2,24,25,26). The first-order valence-electron chi connectivity index (χ1n) is 11.1. The quantitative estimate of drug-likeness (QED) is 0.548. The first-order chi connectivity index (χ1) is 15.0. The van der Waals surface area contributed by atoms with Crippen LogP contribution in [0, 0.1) is 13.8 Å². The van der Waals surface area contributed by atoms with Crippen molar-refractivity contribution in [3.8, 4) is 5.69 Å². The number of ether oxygens (including phenoxy) is 1. The van der Waals surface area contributed by atoms with Crippen molar-refractivity contribution in [2.45, 2.75) is 53.1 Å². The second kappa shape index (κ2) is 10.8. The predicted octanol–water partition coefficient (Wildman–Crippen LogP) is 3.17. The second-order valence-corrected chi connectivity index (χ2v) is 7.77. The number of carbonyl (C=O) groups excluding carboxylic acids is 1. The van der Waals surface area contributed by atoms with Crippen LogP contribution in [0.1, 0.15) is 43.6 Å². The van der Waals surface area contributed by atoms with E-state index in [0.29, 0.717) is 26.2 Å². The van der Waals surface area contributed by atoms with Crippen LogP contribution in [0.5, 0.6) is 0 Å². The molecule has 0 atom stereocenters. The Morgan fingerprint density at radius 3 is 2.61 bits per heavy atom. The van der Waals surface area contributed by atoms with Crippen molar-refractivity contribution in [2.24, 2.45) is 4.99 Å². The van der Waals surface area contributed by atoms with Gasteiger partial charge in [-0.05, 0) is 58.2 Å². The summed E-state index contributed by atoms with van der Waals surface area (Å²) in [6, 6.07) is 10.6. The molecular formula is C23H34N6O2. The minimum atomic E-state index is -0.220. The molecule has 1 fully saturated rings. The number of hydrogen-bond acceptors (Lipinski definition) is 4. The molecule has 3 rings (SSSR count). The van der Waals surface area contributed by atoms with Gasteiger partial charge in [0.2, 0.25) is 0 Å². The molecule has 2 N–H and O–H groups in total. The third-order valence-electron chi connectivity index (χ3n) is 5.34. The Kier molecular flexibility index (Phi) is 7.92. The number of nitrogens with one attached hydrogen (secondary N) is 2. The second-order valence-electron chi connectivity index (χ2n) is 7.77. The van der Waals surface area contributed by atoms with E-state index in [4.69, 9.17) is 9.73 Å². The van der Waals surface area contributed by atoms with Crippen LogP contribution in [0.15, 0.2) is 35.3 Å². The fourth-order valence-electron chi connectivity index (χ4n) is 3.82. The summed E-state index contributed by atoms with van der Waals surface area (Å²) in [5, 5.41) is 11.5. The van der Waals surface area contributed by atoms with E-state index in [0.717, 1.165) is 48.0 Å². The molecular weight excluding hydrogens is 392 g/mol. The Morgan fingerprint density at radius 1 is 1.23 bits per heavy atom. The highest BCUT2D eigenvalue weighted by Gasteiger charge is 2.24. The number of amides is 1. The number of piperidine rings is 1. The van der Waals surface area contributed by atoms with E-state index in [1.807, 2.05) is 30.7 Å². The number of rotatable bonds is 6. The van der Waals surface area contributed by atoms with Crippen molar-refractivity contribution in [2.75, 3.05) is 26.2 Å². The zero-order valence-electron chi connectivity index (χ0n) is 19.0. The molecule has 0 unspecified atom stereocenters. The van der Waals surface area contributed by atoms with Crippen LogP contribution in [0.2, 0.25) is 0 Å². The number of benzene rings is 1. The molecule has 31 heavy (non-hydrogen) atoms. The maximum atomic E-state index is 11.9. The van der Waals surface area contributed by atoms with Gasteiger partial charge in [-0.15, -0.1) is 0 Å². The lowest BCUT2D eigenvalue weighted by molar-refractivity contribution is 0.0963. The fraction of sp³-hybridized carbons (Fsp3) is 0.522. The van der Waals surface area contributed by atoms with Gasteiger partial charge in [0.05, 0.1) is 24.5 Å². The molecule has 0 saturated carbocycles. The summed E-state index contributed by atoms with van der Waals surface area (Å²) in [7, 11) is 0. The normalized spacial score (nSPS) is 15.1. The Labute approximate surface area is 184 Å². The van der Waals surface area contributed by atoms with Crippen molar-refractivity contribution in [3.63, 3.8) is 0 Å². The highest BCUT2D eigenvalue weighted by atomic mass is 16.6. The number of hydrogen-bond donors (Lipinski definition) is 2. The van der Waals surface area contributed by atoms with Crippen molar-refractivity contribution in [1.29, 1.82) is 0 Å². The van der Waals surface area contributed by atoms with Gasteiger partial charge in [-0.2, -0.15) is 5.10 Å². The van der Waals surface area contributed by atoms with Gasteiger partial charge in [0.15, 0.2) is 5.96 Å². The molecule has 0 radical (unpaired) electrons. The average molecular weight is 427 g/mol. The van der Waals surface area contributed by atoms with Crippen LogP contribution in [-0.2, 0) is 11.3 Å². The molecule has 2 aromatic rings. The van der Waals surface area contributed by atoms with Gasteiger partial charge in [0, 0.05) is 31.4 Å². The fourth-order valence-corrected chi connectivity index (χ4v) is 3.82. The molecule has 8 nitrogen and oxygen atoms in total. The van der Waals surface area contributed by atoms with Crippen molar-refractivity contribution in [1.82, 2.24) is 25.3 Å². The largest absolute Gasteiger partial charge is 0.450 e. The summed E-state index contributed by atoms with van der Waals surface area (Å²) < 4.78 is 7.08. The summed E-state index contributed by atoms with van der Waals surface area (Å²) in [5.41, 5.74) is 4.27. The van der Waals surface area contributed by atoms with Gasteiger partial charge < -0.3 is 20.3 Å². The van der Waals surface area contributed by atoms with E-state index >= 15 is 0 Å². The van der Waals surface area contributed by atoms with Crippen molar-refractivity contribution < 1.29 is 9.53 Å². The summed E-state index contributed by atoms with van der Waals surface area (Å²) in [5.74, 6) is 0.792. The van der Waals surface area contributed by atoms with Crippen LogP contribution >= 0.6 is 0 Å². The lowest BCUT2D eigenvalue weighted by Gasteiger charge is -2.32. The zero-order valence-corrected chi connectivity index (χ0v) is 19.0. The topological polar surface area (TPSA) is 83.8 Å². The molecule has 8 heteroatoms. The third-order valence-corrected chi connectivity index (χ3v) is 5.34. The Balaban J connectivity index is 1.66. The molecule has 1 saturated heterocycles. The van der Waals surface area contributed by atoms with Gasteiger partial charge in [0.1, 0.15) is 0 Å². The summed E-state index contributed by atoms with van der Waals surface area (Å²) in [6.07, 6.45) is 1.51. The van der Waals surface area contributed by atoms with Crippen LogP contribution < -0.4 is 10.6 Å². The number of aromatic nitrogens is 2. The number of guanidine groups is 1. The van der Waals surface area contributed by atoms with E-state index in [-0.39, 0.29) is 12.1 Å². The highest BCUT2D eigenvalue weighted by molar-refractivity contribution is 5.80. The van der Waals surface area contributed by atoms with Crippen molar-refractivity contribution in [3.05, 3.63) is 47.3 Å². The Bertz CT molecular complexity index is 899. The minimum Gasteiger partial charge on any atom is -0.450 e. The van der Waals surface area contributed by atoms with Gasteiger partial charge in [-0.3, -0.25) is 0 Å². The number of aryl methyl sites for hydroxylation is 2. The van der Waals surface area contributed by atoms with E-state index in [9.17, 15) is 4.79 Å². The Morgan fingerprint density at radius 2 is 1.97 bits per heavy atom. The minimum absolute atomic E-state index is 0.220. The summed E-state index contributed by atoms with van der Waals surface area (Å²) in [6.45, 7) is 11.1. The number of para-hydroxylation sites is 1. The van der Waals surface area contributed by atoms with Crippen LogP contribution in [-0.4, -0.2) is 59.0 Å². The highest BCUT2D eigenvalue weighted by Crippen LogP contribution is 2.18. The smallest absolute Gasteiger partial charge is 0.409 e. The number of aliphatic imine (C=N–C) groups is 1.